The Hall–Kier alpha value is -2.28. The number of nitrogens with zero attached hydrogens (tertiary/aromatic N) is 2. The van der Waals surface area contributed by atoms with Gasteiger partial charge in [0.15, 0.2) is 16.7 Å². The number of hydrogen-bond donors (Lipinski definition) is 0. The number of aliphatic imine (C=N–C) groups is 1. The van der Waals surface area contributed by atoms with Crippen molar-refractivity contribution in [1.82, 2.24) is 4.90 Å². The van der Waals surface area contributed by atoms with Crippen LogP contribution in [0.2, 0.25) is 0 Å². The number of rotatable bonds is 2. The maximum Gasteiger partial charge on any atom is 0.315 e. The molecule has 0 aliphatic carbocycles. The molecule has 0 N–H and O–H groups in total. The van der Waals surface area contributed by atoms with Crippen LogP contribution in [0.15, 0.2) is 50.6 Å². The van der Waals surface area contributed by atoms with Crippen LogP contribution in [-0.2, 0) is 0 Å². The van der Waals surface area contributed by atoms with Crippen molar-refractivity contribution in [1.29, 1.82) is 0 Å². The van der Waals surface area contributed by atoms with Crippen molar-refractivity contribution >= 4 is 28.7 Å². The third-order valence-corrected chi connectivity index (χ3v) is 3.64. The largest absolute Gasteiger partial charge is 0.459 e. The molecule has 2 aromatic heterocycles. The van der Waals surface area contributed by atoms with Crippen LogP contribution in [0.3, 0.4) is 0 Å². The Morgan fingerprint density at radius 3 is 2.50 bits per heavy atom. The van der Waals surface area contributed by atoms with E-state index in [2.05, 4.69) is 4.99 Å². The molecule has 0 spiro atoms. The molecule has 3 rings (SSSR count). The summed E-state index contributed by atoms with van der Waals surface area (Å²) in [5.41, 5.74) is 0. The lowest BCUT2D eigenvalue weighted by atomic mass is 10.4. The fourth-order valence-electron chi connectivity index (χ4n) is 1.76. The molecule has 1 aliphatic rings. The first kappa shape index (κ1) is 12.7. The summed E-state index contributed by atoms with van der Waals surface area (Å²) in [6, 6.07) is 6.37. The summed E-state index contributed by atoms with van der Waals surface area (Å²) in [7, 11) is 0. The normalized spacial score (nSPS) is 16.8. The monoisotopic (exact) mass is 290 g/mol. The van der Waals surface area contributed by atoms with Gasteiger partial charge in [-0.2, -0.15) is 4.99 Å². The number of amides is 2. The SMILES string of the molecule is O=C(N=C1SCCN1C(=O)c1ccco1)c1ccco1. The molecule has 0 unspecified atom stereocenters. The van der Waals surface area contributed by atoms with Gasteiger partial charge in [0, 0.05) is 12.3 Å². The van der Waals surface area contributed by atoms with Crippen molar-refractivity contribution in [3.8, 4) is 0 Å². The van der Waals surface area contributed by atoms with E-state index in [1.807, 2.05) is 0 Å². The summed E-state index contributed by atoms with van der Waals surface area (Å²) in [4.78, 5) is 29.4. The molecule has 0 bridgehead atoms. The summed E-state index contributed by atoms with van der Waals surface area (Å²) in [5.74, 6) is 0.264. The Balaban J connectivity index is 1.82. The number of carbonyl (C=O) groups excluding carboxylic acids is 2. The van der Waals surface area contributed by atoms with Crippen molar-refractivity contribution in [2.24, 2.45) is 4.99 Å². The average molecular weight is 290 g/mol. The highest BCUT2D eigenvalue weighted by Crippen LogP contribution is 2.21. The van der Waals surface area contributed by atoms with Gasteiger partial charge in [0.2, 0.25) is 0 Å². The third kappa shape index (κ3) is 2.39. The second-order valence-corrected chi connectivity index (χ2v) is 5.02. The molecule has 0 aromatic carbocycles. The molecule has 1 saturated heterocycles. The molecule has 7 heteroatoms. The minimum atomic E-state index is -0.503. The van der Waals surface area contributed by atoms with Gasteiger partial charge in [0.1, 0.15) is 0 Å². The smallest absolute Gasteiger partial charge is 0.315 e. The van der Waals surface area contributed by atoms with Crippen LogP contribution in [0, 0.1) is 0 Å². The second-order valence-electron chi connectivity index (χ2n) is 3.96. The molecule has 102 valence electrons. The summed E-state index contributed by atoms with van der Waals surface area (Å²) in [6.45, 7) is 0.495. The van der Waals surface area contributed by atoms with Gasteiger partial charge in [0.25, 0.3) is 5.91 Å². The highest BCUT2D eigenvalue weighted by Gasteiger charge is 2.29. The molecule has 0 radical (unpaired) electrons. The van der Waals surface area contributed by atoms with Crippen molar-refractivity contribution in [2.75, 3.05) is 12.3 Å². The minimum Gasteiger partial charge on any atom is -0.459 e. The molecule has 3 heterocycles. The van der Waals surface area contributed by atoms with Crippen molar-refractivity contribution < 1.29 is 18.4 Å². The molecule has 2 aromatic rings. The van der Waals surface area contributed by atoms with E-state index < -0.39 is 5.91 Å². The lowest BCUT2D eigenvalue weighted by Crippen LogP contribution is -2.32. The first-order valence-electron chi connectivity index (χ1n) is 5.90. The number of hydrogen-bond acceptors (Lipinski definition) is 5. The van der Waals surface area contributed by atoms with Gasteiger partial charge in [-0.05, 0) is 24.3 Å². The Labute approximate surface area is 118 Å². The molecule has 1 aliphatic heterocycles. The molecule has 6 nitrogen and oxygen atoms in total. The van der Waals surface area contributed by atoms with Crippen molar-refractivity contribution in [3.63, 3.8) is 0 Å². The molecule has 1 fully saturated rings. The summed E-state index contributed by atoms with van der Waals surface area (Å²) >= 11 is 1.35. The Kier molecular flexibility index (Phi) is 3.42. The van der Waals surface area contributed by atoms with Crippen LogP contribution in [0.5, 0.6) is 0 Å². The predicted molar refractivity (Wildman–Crippen MR) is 72.7 cm³/mol. The quantitative estimate of drug-likeness (QED) is 0.848. The molecule has 20 heavy (non-hydrogen) atoms. The number of amidine groups is 1. The van der Waals surface area contributed by atoms with E-state index in [-0.39, 0.29) is 17.4 Å². The standard InChI is InChI=1S/C13H10N2O4S/c16-11(9-3-1-6-18-9)14-13-15(5-8-20-13)12(17)10-4-2-7-19-10/h1-4,6-7H,5,8H2. The van der Waals surface area contributed by atoms with E-state index in [1.165, 1.54) is 35.3 Å². The van der Waals surface area contributed by atoms with E-state index in [1.54, 1.807) is 18.2 Å². The van der Waals surface area contributed by atoms with E-state index in [9.17, 15) is 9.59 Å². The van der Waals surface area contributed by atoms with Crippen molar-refractivity contribution in [3.05, 3.63) is 48.3 Å². The lowest BCUT2D eigenvalue weighted by molar-refractivity contribution is 0.0828. The predicted octanol–water partition coefficient (Wildman–Crippen LogP) is 2.26. The highest BCUT2D eigenvalue weighted by molar-refractivity contribution is 8.14. The molecular weight excluding hydrogens is 280 g/mol. The Morgan fingerprint density at radius 1 is 1.15 bits per heavy atom. The van der Waals surface area contributed by atoms with Gasteiger partial charge >= 0.3 is 5.91 Å². The average Bonchev–Trinajstić information content (AvgIpc) is 3.20. The number of carbonyl (C=O) groups is 2. The zero-order valence-electron chi connectivity index (χ0n) is 10.3. The lowest BCUT2D eigenvalue weighted by Gasteiger charge is -2.13. The zero-order valence-corrected chi connectivity index (χ0v) is 11.1. The maximum atomic E-state index is 12.2. The van der Waals surface area contributed by atoms with Crippen LogP contribution in [-0.4, -0.2) is 34.2 Å². The summed E-state index contributed by atoms with van der Waals surface area (Å²) < 4.78 is 10.1. The van der Waals surface area contributed by atoms with Gasteiger partial charge in [-0.3, -0.25) is 14.5 Å². The number of furan rings is 2. The number of thioether (sulfide) groups is 1. The Bertz CT molecular complexity index is 646. The van der Waals surface area contributed by atoms with E-state index in [0.29, 0.717) is 17.5 Å². The Morgan fingerprint density at radius 2 is 1.85 bits per heavy atom. The van der Waals surface area contributed by atoms with E-state index >= 15 is 0 Å². The first-order chi connectivity index (χ1) is 9.75. The van der Waals surface area contributed by atoms with Crippen LogP contribution in [0.1, 0.15) is 21.1 Å². The second kappa shape index (κ2) is 5.38. The summed E-state index contributed by atoms with van der Waals surface area (Å²) in [5, 5.41) is 0.368. The molecular formula is C13H10N2O4S. The van der Waals surface area contributed by atoms with E-state index in [0.717, 1.165) is 0 Å². The van der Waals surface area contributed by atoms with Gasteiger partial charge in [0.05, 0.1) is 12.5 Å². The van der Waals surface area contributed by atoms with Crippen LogP contribution in [0.25, 0.3) is 0 Å². The van der Waals surface area contributed by atoms with Crippen LogP contribution in [0.4, 0.5) is 0 Å². The summed E-state index contributed by atoms with van der Waals surface area (Å²) in [6.07, 6.45) is 2.84. The van der Waals surface area contributed by atoms with Gasteiger partial charge < -0.3 is 8.83 Å². The van der Waals surface area contributed by atoms with Crippen molar-refractivity contribution in [2.45, 2.75) is 0 Å². The van der Waals surface area contributed by atoms with Gasteiger partial charge in [-0.25, -0.2) is 0 Å². The minimum absolute atomic E-state index is 0.149. The van der Waals surface area contributed by atoms with E-state index in [4.69, 9.17) is 8.83 Å². The molecule has 0 saturated carbocycles. The van der Waals surface area contributed by atoms with Crippen LogP contribution < -0.4 is 0 Å². The topological polar surface area (TPSA) is 76.0 Å². The fourth-order valence-corrected chi connectivity index (χ4v) is 2.69. The molecule has 2 amide bonds. The van der Waals surface area contributed by atoms with Crippen LogP contribution >= 0.6 is 11.8 Å². The highest BCUT2D eigenvalue weighted by atomic mass is 32.2. The first-order valence-corrected chi connectivity index (χ1v) is 6.89. The molecule has 0 atom stereocenters. The maximum absolute atomic E-state index is 12.2. The fraction of sp³-hybridized carbons (Fsp3) is 0.154. The zero-order chi connectivity index (χ0) is 13.9. The third-order valence-electron chi connectivity index (χ3n) is 2.68. The van der Waals surface area contributed by atoms with Gasteiger partial charge in [-0.1, -0.05) is 11.8 Å². The van der Waals surface area contributed by atoms with Gasteiger partial charge in [-0.15, -0.1) is 0 Å².